The van der Waals surface area contributed by atoms with Crippen molar-refractivity contribution in [3.63, 3.8) is 0 Å². The zero-order valence-corrected chi connectivity index (χ0v) is 13.5. The van der Waals surface area contributed by atoms with Crippen molar-refractivity contribution >= 4 is 12.2 Å². The lowest BCUT2D eigenvalue weighted by atomic mass is 9.80. The second-order valence-corrected chi connectivity index (χ2v) is 6.48. The molecule has 5 heteroatoms. The quantitative estimate of drug-likeness (QED) is 0.863. The summed E-state index contributed by atoms with van der Waals surface area (Å²) in [4.78, 5) is 8.09. The number of rotatable bonds is 3. The summed E-state index contributed by atoms with van der Waals surface area (Å²) >= 11 is 5.36. The minimum absolute atomic E-state index is 0.516. The molecule has 3 rings (SSSR count). The molecule has 112 valence electrons. The van der Waals surface area contributed by atoms with E-state index in [1.165, 1.54) is 32.1 Å². The van der Waals surface area contributed by atoms with Gasteiger partial charge in [-0.2, -0.15) is 5.10 Å². The number of aryl methyl sites for hydroxylation is 1. The lowest BCUT2D eigenvalue weighted by Crippen LogP contribution is -2.16. The molecule has 1 N–H and O–H groups in total. The highest BCUT2D eigenvalue weighted by molar-refractivity contribution is 7.71. The van der Waals surface area contributed by atoms with Crippen LogP contribution in [0.25, 0.3) is 11.3 Å². The standard InChI is InChI=1S/C16H22N4S/c1-3-11-5-4-6-12(7-11)16-18-14(8-15(21)19-16)13-9-17-20(2)10-13/h8-12H,3-7H2,1-2H3,(H,18,19,21). The third-order valence-corrected chi connectivity index (χ3v) is 4.73. The number of nitrogens with one attached hydrogen (secondary N) is 1. The maximum atomic E-state index is 5.36. The number of aromatic amines is 1. The Labute approximate surface area is 130 Å². The minimum atomic E-state index is 0.516. The van der Waals surface area contributed by atoms with Crippen LogP contribution in [0.1, 0.15) is 50.8 Å². The van der Waals surface area contributed by atoms with Crippen molar-refractivity contribution < 1.29 is 0 Å². The number of H-pyrrole nitrogens is 1. The third kappa shape index (κ3) is 3.23. The topological polar surface area (TPSA) is 46.5 Å². The van der Waals surface area contributed by atoms with Crippen LogP contribution in [0, 0.1) is 10.6 Å². The highest BCUT2D eigenvalue weighted by Gasteiger charge is 2.24. The highest BCUT2D eigenvalue weighted by atomic mass is 32.1. The number of hydrogen-bond donors (Lipinski definition) is 1. The maximum Gasteiger partial charge on any atom is 0.130 e. The van der Waals surface area contributed by atoms with Crippen LogP contribution in [0.15, 0.2) is 18.5 Å². The van der Waals surface area contributed by atoms with E-state index >= 15 is 0 Å². The summed E-state index contributed by atoms with van der Waals surface area (Å²) in [6, 6.07) is 1.93. The first kappa shape index (κ1) is 14.4. The fraction of sp³-hybridized carbons (Fsp3) is 0.562. The molecule has 0 radical (unpaired) electrons. The summed E-state index contributed by atoms with van der Waals surface area (Å²) in [7, 11) is 1.92. The van der Waals surface area contributed by atoms with Crippen molar-refractivity contribution in [3.8, 4) is 11.3 Å². The van der Waals surface area contributed by atoms with Gasteiger partial charge in [-0.05, 0) is 24.8 Å². The second-order valence-electron chi connectivity index (χ2n) is 6.06. The predicted octanol–water partition coefficient (Wildman–Crippen LogP) is 4.22. The smallest absolute Gasteiger partial charge is 0.130 e. The molecule has 0 amide bonds. The van der Waals surface area contributed by atoms with E-state index in [1.807, 2.05) is 25.5 Å². The van der Waals surface area contributed by atoms with Crippen LogP contribution >= 0.6 is 12.2 Å². The molecule has 1 fully saturated rings. The number of hydrogen-bond acceptors (Lipinski definition) is 3. The van der Waals surface area contributed by atoms with Crippen molar-refractivity contribution in [2.45, 2.75) is 44.9 Å². The molecule has 2 aromatic rings. The Kier molecular flexibility index (Phi) is 4.19. The summed E-state index contributed by atoms with van der Waals surface area (Å²) in [5.74, 6) is 2.40. The zero-order valence-electron chi connectivity index (χ0n) is 12.7. The van der Waals surface area contributed by atoms with Gasteiger partial charge in [0.1, 0.15) is 10.5 Å². The predicted molar refractivity (Wildman–Crippen MR) is 86.6 cm³/mol. The highest BCUT2D eigenvalue weighted by Crippen LogP contribution is 2.36. The first-order valence-corrected chi connectivity index (χ1v) is 8.16. The molecular weight excluding hydrogens is 280 g/mol. The monoisotopic (exact) mass is 302 g/mol. The average molecular weight is 302 g/mol. The van der Waals surface area contributed by atoms with Crippen molar-refractivity contribution in [3.05, 3.63) is 28.9 Å². The molecule has 0 bridgehead atoms. The van der Waals surface area contributed by atoms with Crippen molar-refractivity contribution in [2.75, 3.05) is 0 Å². The molecule has 21 heavy (non-hydrogen) atoms. The van der Waals surface area contributed by atoms with Gasteiger partial charge in [-0.1, -0.05) is 38.4 Å². The molecule has 4 nitrogen and oxygen atoms in total. The van der Waals surface area contributed by atoms with Crippen LogP contribution in [0.5, 0.6) is 0 Å². The van der Waals surface area contributed by atoms with Gasteiger partial charge in [-0.15, -0.1) is 0 Å². The molecule has 0 saturated heterocycles. The summed E-state index contributed by atoms with van der Waals surface area (Å²) in [5, 5.41) is 4.23. The zero-order chi connectivity index (χ0) is 14.8. The number of aromatic nitrogens is 4. The Balaban J connectivity index is 1.92. The summed E-state index contributed by atoms with van der Waals surface area (Å²) in [6.45, 7) is 2.29. The van der Waals surface area contributed by atoms with Gasteiger partial charge in [0.25, 0.3) is 0 Å². The van der Waals surface area contributed by atoms with Gasteiger partial charge < -0.3 is 4.98 Å². The molecule has 2 atom stereocenters. The Hall–Kier alpha value is -1.49. The van der Waals surface area contributed by atoms with E-state index in [4.69, 9.17) is 12.2 Å². The average Bonchev–Trinajstić information content (AvgIpc) is 2.93. The van der Waals surface area contributed by atoms with Gasteiger partial charge in [-0.25, -0.2) is 4.98 Å². The lowest BCUT2D eigenvalue weighted by molar-refractivity contribution is 0.307. The van der Waals surface area contributed by atoms with E-state index in [2.05, 4.69) is 22.0 Å². The first-order valence-electron chi connectivity index (χ1n) is 7.76. The summed E-state index contributed by atoms with van der Waals surface area (Å²) in [5.41, 5.74) is 2.09. The van der Waals surface area contributed by atoms with Crippen molar-refractivity contribution in [1.82, 2.24) is 19.7 Å². The van der Waals surface area contributed by atoms with Crippen molar-refractivity contribution in [2.24, 2.45) is 13.0 Å². The van der Waals surface area contributed by atoms with Crippen LogP contribution in [0.3, 0.4) is 0 Å². The fourth-order valence-electron chi connectivity index (χ4n) is 3.30. The van der Waals surface area contributed by atoms with Gasteiger partial charge >= 0.3 is 0 Å². The van der Waals surface area contributed by atoms with Crippen LogP contribution in [0.4, 0.5) is 0 Å². The fourth-order valence-corrected chi connectivity index (χ4v) is 3.51. The molecule has 0 aromatic carbocycles. The van der Waals surface area contributed by atoms with E-state index in [0.29, 0.717) is 10.6 Å². The van der Waals surface area contributed by atoms with Gasteiger partial charge in [0.05, 0.1) is 11.9 Å². The minimum Gasteiger partial charge on any atom is -0.343 e. The summed E-state index contributed by atoms with van der Waals surface area (Å²) < 4.78 is 2.47. The Bertz CT molecular complexity index is 673. The van der Waals surface area contributed by atoms with Crippen LogP contribution in [-0.2, 0) is 7.05 Å². The van der Waals surface area contributed by atoms with Crippen LogP contribution in [0.2, 0.25) is 0 Å². The SMILES string of the molecule is CCC1CCCC(c2nc(=S)cc(-c3cnn(C)c3)[nH]2)C1. The molecule has 2 aromatic heterocycles. The van der Waals surface area contributed by atoms with E-state index in [9.17, 15) is 0 Å². The Morgan fingerprint density at radius 2 is 2.29 bits per heavy atom. The van der Waals surface area contributed by atoms with E-state index < -0.39 is 0 Å². The molecule has 2 heterocycles. The van der Waals surface area contributed by atoms with Gasteiger partial charge in [0, 0.05) is 24.7 Å². The third-order valence-electron chi connectivity index (χ3n) is 4.52. The molecule has 1 saturated carbocycles. The molecular formula is C16H22N4S. The molecule has 0 spiro atoms. The molecule has 1 aliphatic rings. The Morgan fingerprint density at radius 3 is 3.00 bits per heavy atom. The lowest BCUT2D eigenvalue weighted by Gasteiger charge is -2.27. The van der Waals surface area contributed by atoms with E-state index in [1.54, 1.807) is 4.68 Å². The largest absolute Gasteiger partial charge is 0.343 e. The molecule has 2 unspecified atom stereocenters. The summed E-state index contributed by atoms with van der Waals surface area (Å²) in [6.07, 6.45) is 10.2. The van der Waals surface area contributed by atoms with Gasteiger partial charge in [-0.3, -0.25) is 4.68 Å². The van der Waals surface area contributed by atoms with Crippen LogP contribution < -0.4 is 0 Å². The maximum absolute atomic E-state index is 5.36. The first-order chi connectivity index (χ1) is 10.2. The molecule has 0 aliphatic heterocycles. The number of nitrogens with zero attached hydrogens (tertiary/aromatic N) is 3. The second kappa shape index (κ2) is 6.10. The van der Waals surface area contributed by atoms with E-state index in [0.717, 1.165) is 23.0 Å². The van der Waals surface area contributed by atoms with E-state index in [-0.39, 0.29) is 0 Å². The van der Waals surface area contributed by atoms with Crippen LogP contribution in [-0.4, -0.2) is 19.7 Å². The normalized spacial score (nSPS) is 22.4. The Morgan fingerprint density at radius 1 is 1.43 bits per heavy atom. The molecule has 1 aliphatic carbocycles. The van der Waals surface area contributed by atoms with Gasteiger partial charge in [0.15, 0.2) is 0 Å². The van der Waals surface area contributed by atoms with Crippen molar-refractivity contribution in [1.29, 1.82) is 0 Å². The van der Waals surface area contributed by atoms with Gasteiger partial charge in [0.2, 0.25) is 0 Å².